The van der Waals surface area contributed by atoms with Gasteiger partial charge in [-0.2, -0.15) is 13.2 Å². The van der Waals surface area contributed by atoms with Crippen LogP contribution in [0.4, 0.5) is 13.2 Å². The van der Waals surface area contributed by atoms with Crippen LogP contribution in [-0.2, 0) is 17.9 Å². The van der Waals surface area contributed by atoms with Crippen molar-refractivity contribution in [3.05, 3.63) is 130 Å². The van der Waals surface area contributed by atoms with Crippen molar-refractivity contribution in [3.63, 3.8) is 0 Å². The average molecular weight is 622 g/mol. The highest BCUT2D eigenvalue weighted by molar-refractivity contribution is 7.20. The predicted molar refractivity (Wildman–Crippen MR) is 159 cm³/mol. The molecule has 8 nitrogen and oxygen atoms in total. The van der Waals surface area contributed by atoms with Crippen molar-refractivity contribution in [3.8, 4) is 5.75 Å². The summed E-state index contributed by atoms with van der Waals surface area (Å²) in [5.74, 6) is -2.73. The maximum atomic E-state index is 13.6. The van der Waals surface area contributed by atoms with Gasteiger partial charge in [-0.05, 0) is 53.1 Å². The smallest absolute Gasteiger partial charge is 0.489 e. The van der Waals surface area contributed by atoms with Crippen molar-refractivity contribution < 1.29 is 37.4 Å². The van der Waals surface area contributed by atoms with Gasteiger partial charge >= 0.3 is 12.1 Å². The molecule has 0 bridgehead atoms. The molecule has 0 aliphatic rings. The van der Waals surface area contributed by atoms with E-state index < -0.39 is 18.2 Å². The van der Waals surface area contributed by atoms with Crippen LogP contribution in [0.15, 0.2) is 103 Å². The number of amides is 1. The number of Topliss-reactive ketones (excluding diaryl/α,β-unsaturated/α-hetero) is 1. The molecule has 226 valence electrons. The molecular formula is C32H26F3N3O5S. The van der Waals surface area contributed by atoms with E-state index >= 15 is 0 Å². The van der Waals surface area contributed by atoms with Crippen molar-refractivity contribution in [1.82, 2.24) is 10.3 Å². The monoisotopic (exact) mass is 621 g/mol. The molecule has 0 spiro atoms. The number of alkyl halides is 3. The Morgan fingerprint density at radius 1 is 0.864 bits per heavy atom. The fraction of sp³-hybridized carbons (Fsp3) is 0.125. The molecule has 4 aromatic carbocycles. The summed E-state index contributed by atoms with van der Waals surface area (Å²) in [4.78, 5) is 40.2. The minimum Gasteiger partial charge on any atom is -0.489 e. The van der Waals surface area contributed by atoms with Gasteiger partial charge in [-0.25, -0.2) is 9.78 Å². The Labute approximate surface area is 253 Å². The maximum absolute atomic E-state index is 13.6. The lowest BCUT2D eigenvalue weighted by Crippen LogP contribution is -2.34. The van der Waals surface area contributed by atoms with Crippen molar-refractivity contribution in [1.29, 1.82) is 0 Å². The Bertz CT molecular complexity index is 1690. The van der Waals surface area contributed by atoms with Crippen molar-refractivity contribution >= 4 is 39.2 Å². The standard InChI is InChI=1S/C30H25N3O3S.C2HF3O2/c31-18-20-10-12-22(13-11-20)27(28(34)30-32-25-8-4-5-9-26(25)37-30)33-29(35)23-14-16-24(17-15-23)36-19-21-6-2-1-3-7-21;3-2(4,5)1(6)7/h1-17,27H,18-19,31H2,(H,33,35);(H,6,7). The van der Waals surface area contributed by atoms with Gasteiger partial charge in [0.2, 0.25) is 5.78 Å². The fourth-order valence-corrected chi connectivity index (χ4v) is 4.84. The maximum Gasteiger partial charge on any atom is 0.490 e. The first-order valence-electron chi connectivity index (χ1n) is 13.1. The van der Waals surface area contributed by atoms with Crippen LogP contribution in [0.2, 0.25) is 0 Å². The van der Waals surface area contributed by atoms with Crippen LogP contribution in [0, 0.1) is 0 Å². The first kappa shape index (κ1) is 31.9. The molecule has 0 radical (unpaired) electrons. The van der Waals surface area contributed by atoms with Gasteiger partial charge in [-0.1, -0.05) is 66.7 Å². The third-order valence-corrected chi connectivity index (χ3v) is 7.25. The fourth-order valence-electron chi connectivity index (χ4n) is 3.91. The number of carboxylic acid groups (broad SMARTS) is 1. The number of nitrogens with zero attached hydrogens (tertiary/aromatic N) is 1. The lowest BCUT2D eigenvalue weighted by molar-refractivity contribution is -0.192. The van der Waals surface area contributed by atoms with Gasteiger partial charge < -0.3 is 20.9 Å². The summed E-state index contributed by atoms with van der Waals surface area (Å²) in [6, 6.07) is 30.8. The average Bonchev–Trinajstić information content (AvgIpc) is 3.47. The number of nitrogens with one attached hydrogen (secondary N) is 1. The summed E-state index contributed by atoms with van der Waals surface area (Å²) < 4.78 is 38.5. The molecule has 5 rings (SSSR count). The molecule has 0 saturated heterocycles. The SMILES string of the molecule is NCc1ccc(C(NC(=O)c2ccc(OCc3ccccc3)cc2)C(=O)c2nc3ccccc3s2)cc1.O=C(O)C(F)(F)F. The molecule has 44 heavy (non-hydrogen) atoms. The Morgan fingerprint density at radius 3 is 2.07 bits per heavy atom. The molecule has 1 aromatic heterocycles. The summed E-state index contributed by atoms with van der Waals surface area (Å²) in [5, 5.41) is 10.4. The van der Waals surface area contributed by atoms with Crippen LogP contribution in [0.3, 0.4) is 0 Å². The van der Waals surface area contributed by atoms with Crippen LogP contribution in [-0.4, -0.2) is 33.9 Å². The van der Waals surface area contributed by atoms with Crippen LogP contribution in [0.1, 0.15) is 42.9 Å². The lowest BCUT2D eigenvalue weighted by atomic mass is 10.0. The molecule has 12 heteroatoms. The second-order valence-electron chi connectivity index (χ2n) is 9.30. The van der Waals surface area contributed by atoms with Crippen molar-refractivity contribution in [2.45, 2.75) is 25.4 Å². The van der Waals surface area contributed by atoms with Gasteiger partial charge in [0, 0.05) is 12.1 Å². The summed E-state index contributed by atoms with van der Waals surface area (Å²) in [7, 11) is 0. The molecular weight excluding hydrogens is 595 g/mol. The largest absolute Gasteiger partial charge is 0.490 e. The molecule has 0 aliphatic heterocycles. The van der Waals surface area contributed by atoms with Gasteiger partial charge in [-0.3, -0.25) is 9.59 Å². The number of carboxylic acids is 1. The summed E-state index contributed by atoms with van der Waals surface area (Å²) >= 11 is 1.32. The summed E-state index contributed by atoms with van der Waals surface area (Å²) in [6.45, 7) is 0.825. The summed E-state index contributed by atoms with van der Waals surface area (Å²) in [5.41, 5.74) is 9.58. The number of aromatic nitrogens is 1. The molecule has 5 aromatic rings. The molecule has 1 heterocycles. The third-order valence-electron chi connectivity index (χ3n) is 6.20. The normalized spacial score (nSPS) is 11.6. The first-order chi connectivity index (χ1) is 21.0. The predicted octanol–water partition coefficient (Wildman–Crippen LogP) is 6.32. The minimum atomic E-state index is -5.08. The number of fused-ring (bicyclic) bond motifs is 1. The number of aliphatic carboxylic acids is 1. The van der Waals surface area contributed by atoms with E-state index in [0.717, 1.165) is 21.3 Å². The number of para-hydroxylation sites is 1. The van der Waals surface area contributed by atoms with Gasteiger partial charge in [-0.15, -0.1) is 11.3 Å². The molecule has 0 aliphatic carbocycles. The van der Waals surface area contributed by atoms with Crippen LogP contribution in [0.25, 0.3) is 10.2 Å². The van der Waals surface area contributed by atoms with Crippen molar-refractivity contribution in [2.24, 2.45) is 5.73 Å². The van der Waals surface area contributed by atoms with Gasteiger partial charge in [0.15, 0.2) is 5.01 Å². The van der Waals surface area contributed by atoms with Gasteiger partial charge in [0.1, 0.15) is 18.4 Å². The van der Waals surface area contributed by atoms with E-state index in [0.29, 0.717) is 35.0 Å². The highest BCUT2D eigenvalue weighted by Gasteiger charge is 2.38. The van der Waals surface area contributed by atoms with E-state index in [4.69, 9.17) is 20.4 Å². The Hall–Kier alpha value is -5.07. The van der Waals surface area contributed by atoms with E-state index in [-0.39, 0.29) is 11.7 Å². The topological polar surface area (TPSA) is 132 Å². The zero-order chi connectivity index (χ0) is 31.7. The zero-order valence-electron chi connectivity index (χ0n) is 23.0. The quantitative estimate of drug-likeness (QED) is 0.164. The number of ketones is 1. The molecule has 4 N–H and O–H groups in total. The molecule has 1 amide bonds. The lowest BCUT2D eigenvalue weighted by Gasteiger charge is -2.18. The molecule has 1 unspecified atom stereocenters. The van der Waals surface area contributed by atoms with Crippen LogP contribution in [0.5, 0.6) is 5.75 Å². The number of halogens is 3. The number of ether oxygens (including phenoxy) is 1. The number of hydrogen-bond donors (Lipinski definition) is 3. The number of hydrogen-bond acceptors (Lipinski definition) is 7. The van der Waals surface area contributed by atoms with Crippen LogP contribution >= 0.6 is 11.3 Å². The van der Waals surface area contributed by atoms with E-state index in [9.17, 15) is 22.8 Å². The number of carbonyl (C=O) groups excluding carboxylic acids is 2. The highest BCUT2D eigenvalue weighted by Crippen LogP contribution is 2.27. The van der Waals surface area contributed by atoms with Gasteiger partial charge in [0.25, 0.3) is 5.91 Å². The number of thiazole rings is 1. The van der Waals surface area contributed by atoms with Gasteiger partial charge in [0.05, 0.1) is 10.2 Å². The van der Waals surface area contributed by atoms with Crippen LogP contribution < -0.4 is 15.8 Å². The Kier molecular flexibility index (Phi) is 10.4. The number of benzene rings is 4. The number of rotatable bonds is 9. The molecule has 1 atom stereocenters. The second kappa shape index (κ2) is 14.4. The van der Waals surface area contributed by atoms with E-state index in [1.807, 2.05) is 78.9 Å². The first-order valence-corrected chi connectivity index (χ1v) is 13.9. The van der Waals surface area contributed by atoms with E-state index in [1.165, 1.54) is 11.3 Å². The Balaban J connectivity index is 0.000000566. The van der Waals surface area contributed by atoms with E-state index in [1.54, 1.807) is 24.3 Å². The molecule has 0 fully saturated rings. The molecule has 0 saturated carbocycles. The number of nitrogens with two attached hydrogens (primary N) is 1. The van der Waals surface area contributed by atoms with Crippen molar-refractivity contribution in [2.75, 3.05) is 0 Å². The Morgan fingerprint density at radius 2 is 1.48 bits per heavy atom. The highest BCUT2D eigenvalue weighted by atomic mass is 32.1. The third kappa shape index (κ3) is 8.49. The minimum absolute atomic E-state index is 0.266. The second-order valence-corrected chi connectivity index (χ2v) is 10.3. The zero-order valence-corrected chi connectivity index (χ0v) is 23.8. The number of carbonyl (C=O) groups is 3. The van der Waals surface area contributed by atoms with E-state index in [2.05, 4.69) is 10.3 Å². The summed E-state index contributed by atoms with van der Waals surface area (Å²) in [6.07, 6.45) is -5.08.